The molecule has 0 saturated heterocycles. The topological polar surface area (TPSA) is 20.2 Å². The second kappa shape index (κ2) is 4.60. The molecule has 0 heterocycles. The van der Waals surface area contributed by atoms with Gasteiger partial charge in [0.05, 0.1) is 4.90 Å². The molecule has 0 saturated carbocycles. The predicted molar refractivity (Wildman–Crippen MR) is 65.3 cm³/mol. The summed E-state index contributed by atoms with van der Waals surface area (Å²) in [4.78, 5) is 0.679. The van der Waals surface area contributed by atoms with Crippen LogP contribution in [0.4, 0.5) is 0 Å². The van der Waals surface area contributed by atoms with E-state index >= 15 is 0 Å². The van der Waals surface area contributed by atoms with Gasteiger partial charge >= 0.3 is 0 Å². The van der Waals surface area contributed by atoms with Crippen LogP contribution in [0, 0.1) is 0 Å². The van der Waals surface area contributed by atoms with Crippen molar-refractivity contribution in [2.45, 2.75) is 4.90 Å². The van der Waals surface area contributed by atoms with E-state index in [9.17, 15) is 5.11 Å². The molecule has 0 aliphatic rings. The summed E-state index contributed by atoms with van der Waals surface area (Å²) < 4.78 is 0. The van der Waals surface area contributed by atoms with Crippen LogP contribution in [0.25, 0.3) is 11.1 Å². The van der Waals surface area contributed by atoms with Crippen LogP contribution in [0.5, 0.6) is 5.75 Å². The Labute approximate surface area is 97.2 Å². The lowest BCUT2D eigenvalue weighted by Crippen LogP contribution is -1.80. The highest BCUT2D eigenvalue weighted by Gasteiger charge is 2.07. The molecule has 3 heteroatoms. The average Bonchev–Trinajstić information content (AvgIpc) is 2.30. The molecule has 0 amide bonds. The van der Waals surface area contributed by atoms with Gasteiger partial charge in [-0.25, -0.2) is 0 Å². The highest BCUT2D eigenvalue weighted by Crippen LogP contribution is 2.38. The van der Waals surface area contributed by atoms with E-state index in [0.29, 0.717) is 4.90 Å². The first kappa shape index (κ1) is 10.4. The quantitative estimate of drug-likeness (QED) is 0.839. The molecule has 0 aromatic heterocycles. The summed E-state index contributed by atoms with van der Waals surface area (Å²) in [5, 5.41) is 9.94. The maximum atomic E-state index is 9.94. The Bertz CT molecular complexity index is 456. The smallest absolute Gasteiger partial charge is 0.138 e. The zero-order valence-corrected chi connectivity index (χ0v) is 9.42. The van der Waals surface area contributed by atoms with Crippen molar-refractivity contribution in [1.82, 2.24) is 0 Å². The van der Waals surface area contributed by atoms with Crippen molar-refractivity contribution in [1.29, 1.82) is 0 Å². The summed E-state index contributed by atoms with van der Waals surface area (Å²) in [7, 11) is 6.67. The largest absolute Gasteiger partial charge is 0.506 e. The second-order valence-corrected chi connectivity index (χ2v) is 4.15. The summed E-state index contributed by atoms with van der Waals surface area (Å²) in [6, 6.07) is 15.3. The normalized spacial score (nSPS) is 10.2. The van der Waals surface area contributed by atoms with Crippen LogP contribution in [0.2, 0.25) is 0 Å². The molecule has 0 radical (unpaired) electrons. The van der Waals surface area contributed by atoms with E-state index < -0.39 is 0 Å². The molecule has 0 spiro atoms. The molecule has 0 atom stereocenters. The molecule has 0 unspecified atom stereocenters. The zero-order valence-electron chi connectivity index (χ0n) is 7.85. The Kier molecular flexibility index (Phi) is 3.19. The first-order chi connectivity index (χ1) is 7.33. The van der Waals surface area contributed by atoms with Crippen LogP contribution >= 0.6 is 21.7 Å². The number of benzene rings is 2. The molecule has 1 N–H and O–H groups in total. The number of phenolic OH excluding ortho intramolecular Hbond substituents is 1. The van der Waals surface area contributed by atoms with Crippen LogP contribution in [0.3, 0.4) is 0 Å². The van der Waals surface area contributed by atoms with Gasteiger partial charge in [-0.2, -0.15) is 0 Å². The van der Waals surface area contributed by atoms with Crippen LogP contribution in [-0.2, 0) is 0 Å². The lowest BCUT2D eigenvalue weighted by molar-refractivity contribution is 0.465. The van der Waals surface area contributed by atoms with Gasteiger partial charge in [0.15, 0.2) is 0 Å². The van der Waals surface area contributed by atoms with E-state index in [1.807, 2.05) is 42.5 Å². The third kappa shape index (κ3) is 2.11. The molecule has 0 fully saturated rings. The summed E-state index contributed by atoms with van der Waals surface area (Å²) >= 11 is 0. The van der Waals surface area contributed by atoms with Crippen molar-refractivity contribution in [3.63, 3.8) is 0 Å². The lowest BCUT2D eigenvalue weighted by atomic mass is 10.1. The first-order valence-corrected chi connectivity index (χ1v) is 6.13. The van der Waals surface area contributed by atoms with Crippen LogP contribution < -0.4 is 0 Å². The minimum atomic E-state index is 0.240. The fourth-order valence-corrected chi connectivity index (χ4v) is 2.12. The molecule has 0 bridgehead atoms. The van der Waals surface area contributed by atoms with Crippen molar-refractivity contribution in [3.05, 3.63) is 48.5 Å². The summed E-state index contributed by atoms with van der Waals surface area (Å²) in [5.41, 5.74) is 1.80. The van der Waals surface area contributed by atoms with Gasteiger partial charge in [0.2, 0.25) is 0 Å². The third-order valence-electron chi connectivity index (χ3n) is 2.17. The number of rotatable bonds is 2. The van der Waals surface area contributed by atoms with Gasteiger partial charge < -0.3 is 5.11 Å². The zero-order chi connectivity index (χ0) is 10.7. The van der Waals surface area contributed by atoms with Crippen LogP contribution in [0.15, 0.2) is 53.4 Å². The number of para-hydroxylation sites is 1. The maximum absolute atomic E-state index is 9.94. The predicted octanol–water partition coefficient (Wildman–Crippen LogP) is 4.31. The minimum Gasteiger partial charge on any atom is -0.506 e. The number of phenols is 1. The van der Waals surface area contributed by atoms with Gasteiger partial charge in [-0.15, -0.1) is 0 Å². The van der Waals surface area contributed by atoms with Crippen molar-refractivity contribution in [2.75, 3.05) is 0 Å². The molecule has 2 rings (SSSR count). The molecule has 2 aromatic carbocycles. The van der Waals surface area contributed by atoms with Gasteiger partial charge in [-0.3, -0.25) is 0 Å². The Hall–Kier alpha value is -1.12. The summed E-state index contributed by atoms with van der Waals surface area (Å²) in [6.45, 7) is 0. The third-order valence-corrected chi connectivity index (χ3v) is 3.16. The first-order valence-electron chi connectivity index (χ1n) is 4.49. The molecule has 0 aliphatic heterocycles. The molecule has 1 nitrogen and oxygen atoms in total. The van der Waals surface area contributed by atoms with E-state index in [1.54, 1.807) is 6.07 Å². The molecule has 76 valence electrons. The van der Waals surface area contributed by atoms with Crippen molar-refractivity contribution < 1.29 is 5.11 Å². The van der Waals surface area contributed by atoms with Crippen LogP contribution in [-0.4, -0.2) is 5.11 Å². The maximum Gasteiger partial charge on any atom is 0.138 e. The minimum absolute atomic E-state index is 0.240. The Morgan fingerprint density at radius 3 is 2.33 bits per heavy atom. The van der Waals surface area contributed by atoms with Crippen molar-refractivity contribution >= 4 is 21.7 Å². The molecule has 15 heavy (non-hydrogen) atoms. The SMILES string of the molecule is Oc1c(SCl)cccc1-c1ccccc1. The fraction of sp³-hybridized carbons (Fsp3) is 0. The molecule has 0 aliphatic carbocycles. The fourth-order valence-electron chi connectivity index (χ4n) is 1.44. The van der Waals surface area contributed by atoms with E-state index in [1.165, 1.54) is 0 Å². The van der Waals surface area contributed by atoms with Crippen molar-refractivity contribution in [2.24, 2.45) is 0 Å². The van der Waals surface area contributed by atoms with Gasteiger partial charge in [-0.1, -0.05) is 42.5 Å². The Morgan fingerprint density at radius 2 is 1.67 bits per heavy atom. The van der Waals surface area contributed by atoms with Crippen LogP contribution in [0.1, 0.15) is 0 Å². The van der Waals surface area contributed by atoms with Crippen molar-refractivity contribution in [3.8, 4) is 16.9 Å². The molecule has 2 aromatic rings. The highest BCUT2D eigenvalue weighted by atomic mass is 35.7. The van der Waals surface area contributed by atoms with Gasteiger partial charge in [0, 0.05) is 5.56 Å². The van der Waals surface area contributed by atoms with E-state index in [2.05, 4.69) is 0 Å². The highest BCUT2D eigenvalue weighted by molar-refractivity contribution is 8.21. The molecular formula is C12H9ClOS. The number of halogens is 1. The van der Waals surface area contributed by atoms with Gasteiger partial charge in [0.1, 0.15) is 5.75 Å². The second-order valence-electron chi connectivity index (χ2n) is 3.10. The monoisotopic (exact) mass is 236 g/mol. The summed E-state index contributed by atoms with van der Waals surface area (Å²) in [6.07, 6.45) is 0. The number of aromatic hydroxyl groups is 1. The summed E-state index contributed by atoms with van der Waals surface area (Å²) in [5.74, 6) is 0.240. The van der Waals surface area contributed by atoms with E-state index in [4.69, 9.17) is 10.7 Å². The Balaban J connectivity index is 2.54. The van der Waals surface area contributed by atoms with E-state index in [0.717, 1.165) is 22.1 Å². The van der Waals surface area contributed by atoms with Gasteiger partial charge in [-0.05, 0) is 33.3 Å². The number of hydrogen-bond acceptors (Lipinski definition) is 2. The average molecular weight is 237 g/mol. The van der Waals surface area contributed by atoms with Gasteiger partial charge in [0.25, 0.3) is 0 Å². The van der Waals surface area contributed by atoms with E-state index in [-0.39, 0.29) is 5.75 Å². The number of hydrogen-bond donors (Lipinski definition) is 1. The standard InChI is InChI=1S/C12H9ClOS/c13-15-11-8-4-7-10(12(11)14)9-5-2-1-3-6-9/h1-8,14H. The Morgan fingerprint density at radius 1 is 0.933 bits per heavy atom. The lowest BCUT2D eigenvalue weighted by Gasteiger charge is -2.06. The molecular weight excluding hydrogens is 228 g/mol.